The summed E-state index contributed by atoms with van der Waals surface area (Å²) in [6.07, 6.45) is -4.24. The molecular formula is C12H9F2NO3S. The van der Waals surface area contributed by atoms with Crippen LogP contribution in [-0.4, -0.2) is 22.2 Å². The molecule has 0 atom stereocenters. The van der Waals surface area contributed by atoms with Crippen molar-refractivity contribution in [3.8, 4) is 16.3 Å². The van der Waals surface area contributed by atoms with E-state index in [4.69, 9.17) is 5.11 Å². The first-order valence-electron chi connectivity index (χ1n) is 5.21. The lowest BCUT2D eigenvalue weighted by atomic mass is 10.2. The number of aryl methyl sites for hydroxylation is 1. The van der Waals surface area contributed by atoms with E-state index in [2.05, 4.69) is 9.72 Å². The van der Waals surface area contributed by atoms with Crippen LogP contribution in [0.1, 0.15) is 5.69 Å². The van der Waals surface area contributed by atoms with Crippen molar-refractivity contribution < 1.29 is 23.4 Å². The van der Waals surface area contributed by atoms with Gasteiger partial charge in [0.05, 0.1) is 0 Å². The zero-order valence-electron chi connectivity index (χ0n) is 9.76. The van der Waals surface area contributed by atoms with Crippen LogP contribution in [0.2, 0.25) is 0 Å². The second-order valence-corrected chi connectivity index (χ2v) is 4.60. The van der Waals surface area contributed by atoms with Crippen molar-refractivity contribution in [1.29, 1.82) is 0 Å². The van der Waals surface area contributed by atoms with E-state index in [-0.39, 0.29) is 5.75 Å². The molecule has 4 nitrogen and oxygen atoms in total. The minimum absolute atomic E-state index is 0.218. The third-order valence-electron chi connectivity index (χ3n) is 2.22. The molecule has 0 unspecified atom stereocenters. The van der Waals surface area contributed by atoms with Crippen LogP contribution < -0.4 is 4.74 Å². The Morgan fingerprint density at radius 1 is 1.37 bits per heavy atom. The molecule has 19 heavy (non-hydrogen) atoms. The van der Waals surface area contributed by atoms with Gasteiger partial charge in [0.25, 0.3) is 0 Å². The maximum Gasteiger partial charge on any atom is 0.501 e. The van der Waals surface area contributed by atoms with Gasteiger partial charge in [0.1, 0.15) is 10.8 Å². The Kier molecular flexibility index (Phi) is 3.48. The van der Waals surface area contributed by atoms with Crippen molar-refractivity contribution in [2.24, 2.45) is 0 Å². The third kappa shape index (κ3) is 3.05. The molecule has 1 heterocycles. The number of hydrogen-bond acceptors (Lipinski definition) is 4. The summed E-state index contributed by atoms with van der Waals surface area (Å²) >= 11 is 1.43. The summed E-state index contributed by atoms with van der Waals surface area (Å²) in [5, 5.41) is 10.9. The number of halogens is 2. The molecule has 1 aromatic heterocycles. The van der Waals surface area contributed by atoms with Crippen molar-refractivity contribution in [3.05, 3.63) is 35.3 Å². The largest absolute Gasteiger partial charge is 0.501 e. The van der Waals surface area contributed by atoms with Crippen molar-refractivity contribution in [1.82, 2.24) is 4.98 Å². The Hall–Kier alpha value is -2.02. The summed E-state index contributed by atoms with van der Waals surface area (Å²) in [5.41, 5.74) is 1.63. The van der Waals surface area contributed by atoms with E-state index in [1.807, 2.05) is 12.3 Å². The van der Waals surface area contributed by atoms with Crippen LogP contribution in [0.5, 0.6) is 5.75 Å². The van der Waals surface area contributed by atoms with Crippen molar-refractivity contribution in [3.63, 3.8) is 0 Å². The predicted molar refractivity (Wildman–Crippen MR) is 65.5 cm³/mol. The molecule has 0 aliphatic carbocycles. The Morgan fingerprint density at radius 3 is 2.47 bits per heavy atom. The number of ether oxygens (including phenoxy) is 1. The second-order valence-electron chi connectivity index (χ2n) is 3.74. The Morgan fingerprint density at radius 2 is 2.00 bits per heavy atom. The van der Waals surface area contributed by atoms with E-state index in [0.717, 1.165) is 16.3 Å². The highest BCUT2D eigenvalue weighted by Crippen LogP contribution is 2.27. The number of carbonyl (C=O) groups is 1. The van der Waals surface area contributed by atoms with E-state index < -0.39 is 12.1 Å². The summed E-state index contributed by atoms with van der Waals surface area (Å²) in [7, 11) is 0. The topological polar surface area (TPSA) is 59.4 Å². The van der Waals surface area contributed by atoms with Crippen LogP contribution >= 0.6 is 11.3 Å². The monoisotopic (exact) mass is 285 g/mol. The number of hydrogen-bond donors (Lipinski definition) is 1. The minimum atomic E-state index is -4.24. The number of aliphatic carboxylic acids is 1. The smallest absolute Gasteiger partial charge is 0.474 e. The maximum absolute atomic E-state index is 12.8. The molecule has 0 radical (unpaired) electrons. The highest BCUT2D eigenvalue weighted by molar-refractivity contribution is 7.13. The molecule has 1 N–H and O–H groups in total. The van der Waals surface area contributed by atoms with Crippen LogP contribution in [0.25, 0.3) is 10.6 Å². The van der Waals surface area contributed by atoms with Crippen molar-refractivity contribution >= 4 is 17.3 Å². The summed E-state index contributed by atoms with van der Waals surface area (Å²) in [6, 6.07) is 5.66. The number of aromatic nitrogens is 1. The van der Waals surface area contributed by atoms with Crippen LogP contribution in [0.15, 0.2) is 29.6 Å². The molecule has 0 amide bonds. The quantitative estimate of drug-likeness (QED) is 0.937. The van der Waals surface area contributed by atoms with Gasteiger partial charge in [-0.15, -0.1) is 11.3 Å². The van der Waals surface area contributed by atoms with E-state index in [1.165, 1.54) is 23.5 Å². The standard InChI is InChI=1S/C12H9F2NO3S/c1-7-6-19-10(15-7)8-2-4-9(5-3-8)18-12(13,14)11(16)17/h2-6H,1H3,(H,16,17). The third-order valence-corrected chi connectivity index (χ3v) is 3.22. The number of thiazole rings is 1. The van der Waals surface area contributed by atoms with Gasteiger partial charge in [0.2, 0.25) is 0 Å². The van der Waals surface area contributed by atoms with Gasteiger partial charge in [-0.1, -0.05) is 0 Å². The average molecular weight is 285 g/mol. The van der Waals surface area contributed by atoms with Gasteiger partial charge in [0.15, 0.2) is 0 Å². The number of alkyl halides is 2. The predicted octanol–water partition coefficient (Wildman–Crippen LogP) is 3.17. The molecule has 0 spiro atoms. The zero-order chi connectivity index (χ0) is 14.0. The first-order valence-corrected chi connectivity index (χ1v) is 6.09. The van der Waals surface area contributed by atoms with Crippen LogP contribution in [-0.2, 0) is 4.79 Å². The molecular weight excluding hydrogens is 276 g/mol. The molecule has 1 aromatic carbocycles. The van der Waals surface area contributed by atoms with Crippen molar-refractivity contribution in [2.75, 3.05) is 0 Å². The first-order chi connectivity index (χ1) is 8.88. The molecule has 0 aliphatic rings. The van der Waals surface area contributed by atoms with Gasteiger partial charge in [0, 0.05) is 16.6 Å². The summed E-state index contributed by atoms with van der Waals surface area (Å²) < 4.78 is 29.8. The summed E-state index contributed by atoms with van der Waals surface area (Å²) in [6.45, 7) is 1.85. The Bertz CT molecular complexity index is 595. The molecule has 0 saturated heterocycles. The number of rotatable bonds is 4. The Labute approximate surface area is 111 Å². The Balaban J connectivity index is 2.17. The highest BCUT2D eigenvalue weighted by atomic mass is 32.1. The van der Waals surface area contributed by atoms with Gasteiger partial charge in [-0.25, -0.2) is 9.78 Å². The molecule has 0 fully saturated rings. The zero-order valence-corrected chi connectivity index (χ0v) is 10.6. The highest BCUT2D eigenvalue weighted by Gasteiger charge is 2.42. The number of carboxylic acid groups (broad SMARTS) is 1. The maximum atomic E-state index is 12.8. The van der Waals surface area contributed by atoms with Crippen LogP contribution in [0.4, 0.5) is 8.78 Å². The average Bonchev–Trinajstić information content (AvgIpc) is 2.76. The van der Waals surface area contributed by atoms with Crippen LogP contribution in [0.3, 0.4) is 0 Å². The lowest BCUT2D eigenvalue weighted by Crippen LogP contribution is -2.34. The van der Waals surface area contributed by atoms with Gasteiger partial charge in [-0.2, -0.15) is 8.78 Å². The van der Waals surface area contributed by atoms with Gasteiger partial charge >= 0.3 is 12.1 Å². The van der Waals surface area contributed by atoms with Gasteiger partial charge in [-0.3, -0.25) is 0 Å². The van der Waals surface area contributed by atoms with E-state index >= 15 is 0 Å². The fourth-order valence-corrected chi connectivity index (χ4v) is 2.15. The fourth-order valence-electron chi connectivity index (χ4n) is 1.34. The molecule has 0 bridgehead atoms. The number of benzene rings is 1. The number of carboxylic acids is 1. The SMILES string of the molecule is Cc1csc(-c2ccc(OC(F)(F)C(=O)O)cc2)n1. The molecule has 100 valence electrons. The molecule has 0 aliphatic heterocycles. The van der Waals surface area contributed by atoms with E-state index in [1.54, 1.807) is 12.1 Å². The van der Waals surface area contributed by atoms with Gasteiger partial charge < -0.3 is 9.84 Å². The van der Waals surface area contributed by atoms with Gasteiger partial charge in [-0.05, 0) is 31.2 Å². The molecule has 2 rings (SSSR count). The normalized spacial score (nSPS) is 11.3. The minimum Gasteiger partial charge on any atom is -0.474 e. The molecule has 2 aromatic rings. The first kappa shape index (κ1) is 13.4. The van der Waals surface area contributed by atoms with Crippen LogP contribution in [0, 0.1) is 6.92 Å². The lowest BCUT2D eigenvalue weighted by molar-refractivity contribution is -0.210. The lowest BCUT2D eigenvalue weighted by Gasteiger charge is -2.13. The summed E-state index contributed by atoms with van der Waals surface area (Å²) in [5.74, 6) is -2.54. The summed E-state index contributed by atoms with van der Waals surface area (Å²) in [4.78, 5) is 14.5. The van der Waals surface area contributed by atoms with E-state index in [9.17, 15) is 13.6 Å². The fraction of sp³-hybridized carbons (Fsp3) is 0.167. The van der Waals surface area contributed by atoms with E-state index in [0.29, 0.717) is 0 Å². The van der Waals surface area contributed by atoms with Crippen molar-refractivity contribution in [2.45, 2.75) is 13.0 Å². The second kappa shape index (κ2) is 4.93. The molecule has 0 saturated carbocycles. The number of nitrogens with zero attached hydrogens (tertiary/aromatic N) is 1. The molecule has 7 heteroatoms.